The summed E-state index contributed by atoms with van der Waals surface area (Å²) in [5, 5.41) is 3.23. The van der Waals surface area contributed by atoms with E-state index < -0.39 is 17.5 Å². The van der Waals surface area contributed by atoms with Crippen molar-refractivity contribution in [3.05, 3.63) is 29.6 Å². The lowest BCUT2D eigenvalue weighted by Crippen LogP contribution is -2.38. The summed E-state index contributed by atoms with van der Waals surface area (Å²) in [5.74, 6) is -3.92. The molecule has 1 aliphatic rings. The maximum Gasteiger partial charge on any atom is 0.203 e. The van der Waals surface area contributed by atoms with Crippen LogP contribution in [-0.4, -0.2) is 19.2 Å². The summed E-state index contributed by atoms with van der Waals surface area (Å²) in [6.07, 6.45) is 1.79. The molecule has 0 spiro atoms. The maximum absolute atomic E-state index is 13.4. The van der Waals surface area contributed by atoms with Crippen molar-refractivity contribution in [1.82, 2.24) is 5.32 Å². The van der Waals surface area contributed by atoms with Crippen molar-refractivity contribution in [1.29, 1.82) is 0 Å². The molecule has 1 saturated heterocycles. The average molecular weight is 259 g/mol. The van der Waals surface area contributed by atoms with Crippen LogP contribution in [0.4, 0.5) is 13.2 Å². The Morgan fingerprint density at radius 2 is 2.06 bits per heavy atom. The van der Waals surface area contributed by atoms with Crippen molar-refractivity contribution in [3.63, 3.8) is 0 Å². The molecule has 2 atom stereocenters. The van der Waals surface area contributed by atoms with E-state index in [1.54, 1.807) is 0 Å². The summed E-state index contributed by atoms with van der Waals surface area (Å²) in [7, 11) is 0. The Balaban J connectivity index is 2.06. The van der Waals surface area contributed by atoms with Gasteiger partial charge in [0, 0.05) is 12.5 Å². The van der Waals surface area contributed by atoms with E-state index in [-0.39, 0.29) is 17.8 Å². The van der Waals surface area contributed by atoms with Crippen LogP contribution in [0.25, 0.3) is 0 Å². The standard InChI is InChI=1S/C13H16F3NO/c1-8(9-3-2-6-17-7-9)18-11-5-4-10(14)12(15)13(11)16/h4-5,8-9,17H,2-3,6-7H2,1H3. The Morgan fingerprint density at radius 1 is 1.28 bits per heavy atom. The summed E-state index contributed by atoms with van der Waals surface area (Å²) in [5.41, 5.74) is 0. The van der Waals surface area contributed by atoms with Crippen molar-refractivity contribution in [2.45, 2.75) is 25.9 Å². The molecular formula is C13H16F3NO. The van der Waals surface area contributed by atoms with Gasteiger partial charge in [-0.1, -0.05) is 0 Å². The first-order valence-electron chi connectivity index (χ1n) is 6.10. The van der Waals surface area contributed by atoms with E-state index in [0.717, 1.165) is 38.1 Å². The average Bonchev–Trinajstić information content (AvgIpc) is 2.40. The van der Waals surface area contributed by atoms with Gasteiger partial charge < -0.3 is 10.1 Å². The van der Waals surface area contributed by atoms with E-state index in [4.69, 9.17) is 4.74 Å². The Labute approximate surface area is 104 Å². The highest BCUT2D eigenvalue weighted by atomic mass is 19.2. The minimum absolute atomic E-state index is 0.230. The van der Waals surface area contributed by atoms with Crippen LogP contribution in [0.2, 0.25) is 0 Å². The zero-order valence-electron chi connectivity index (χ0n) is 10.2. The zero-order valence-corrected chi connectivity index (χ0v) is 10.2. The number of hydrogen-bond acceptors (Lipinski definition) is 2. The van der Waals surface area contributed by atoms with Gasteiger partial charge in [0.15, 0.2) is 17.4 Å². The third-order valence-corrected chi connectivity index (χ3v) is 3.31. The molecule has 2 unspecified atom stereocenters. The van der Waals surface area contributed by atoms with Gasteiger partial charge in [0.25, 0.3) is 0 Å². The maximum atomic E-state index is 13.4. The van der Waals surface area contributed by atoms with E-state index >= 15 is 0 Å². The molecule has 0 amide bonds. The van der Waals surface area contributed by atoms with Crippen LogP contribution in [-0.2, 0) is 0 Å². The predicted octanol–water partition coefficient (Wildman–Crippen LogP) is 2.87. The Morgan fingerprint density at radius 3 is 2.72 bits per heavy atom. The minimum atomic E-state index is -1.48. The van der Waals surface area contributed by atoms with Crippen LogP contribution in [0.15, 0.2) is 12.1 Å². The van der Waals surface area contributed by atoms with E-state index in [1.807, 2.05) is 6.92 Å². The molecule has 0 radical (unpaired) electrons. The Kier molecular flexibility index (Phi) is 4.11. The third-order valence-electron chi connectivity index (χ3n) is 3.31. The summed E-state index contributed by atoms with van der Waals surface area (Å²) in [4.78, 5) is 0. The number of nitrogens with one attached hydrogen (secondary N) is 1. The predicted molar refractivity (Wildman–Crippen MR) is 62.0 cm³/mol. The molecule has 1 aliphatic heterocycles. The third kappa shape index (κ3) is 2.77. The summed E-state index contributed by atoms with van der Waals surface area (Å²) in [6.45, 7) is 3.59. The second-order valence-corrected chi connectivity index (χ2v) is 4.60. The molecule has 0 bridgehead atoms. The Bertz CT molecular complexity index is 419. The highest BCUT2D eigenvalue weighted by molar-refractivity contribution is 5.26. The molecule has 1 heterocycles. The lowest BCUT2D eigenvalue weighted by molar-refractivity contribution is 0.125. The normalized spacial score (nSPS) is 21.7. The van der Waals surface area contributed by atoms with E-state index in [2.05, 4.69) is 5.32 Å². The van der Waals surface area contributed by atoms with E-state index in [9.17, 15) is 13.2 Å². The molecule has 1 fully saturated rings. The lowest BCUT2D eigenvalue weighted by atomic mass is 9.94. The van der Waals surface area contributed by atoms with Gasteiger partial charge in [0.1, 0.15) is 6.10 Å². The van der Waals surface area contributed by atoms with Crippen molar-refractivity contribution < 1.29 is 17.9 Å². The first-order valence-corrected chi connectivity index (χ1v) is 6.10. The fourth-order valence-corrected chi connectivity index (χ4v) is 2.18. The lowest BCUT2D eigenvalue weighted by Gasteiger charge is -2.28. The van der Waals surface area contributed by atoms with Crippen LogP contribution < -0.4 is 10.1 Å². The summed E-state index contributed by atoms with van der Waals surface area (Å²) in [6, 6.07) is 2.00. The molecular weight excluding hydrogens is 243 g/mol. The monoisotopic (exact) mass is 259 g/mol. The van der Waals surface area contributed by atoms with Gasteiger partial charge in [-0.15, -0.1) is 0 Å². The van der Waals surface area contributed by atoms with Crippen LogP contribution >= 0.6 is 0 Å². The SMILES string of the molecule is CC(Oc1ccc(F)c(F)c1F)C1CCCNC1. The zero-order chi connectivity index (χ0) is 13.1. The number of ether oxygens (including phenoxy) is 1. The van der Waals surface area contributed by atoms with Crippen LogP contribution in [0.1, 0.15) is 19.8 Å². The van der Waals surface area contributed by atoms with Gasteiger partial charge in [-0.05, 0) is 38.4 Å². The number of rotatable bonds is 3. The molecule has 0 aliphatic carbocycles. The van der Waals surface area contributed by atoms with Gasteiger partial charge >= 0.3 is 0 Å². The number of halogens is 3. The number of piperidine rings is 1. The summed E-state index contributed by atoms with van der Waals surface area (Å²) < 4.78 is 44.6. The summed E-state index contributed by atoms with van der Waals surface area (Å²) >= 11 is 0. The van der Waals surface area contributed by atoms with Crippen LogP contribution in [0, 0.1) is 23.4 Å². The molecule has 0 aromatic heterocycles. The van der Waals surface area contributed by atoms with Crippen LogP contribution in [0.3, 0.4) is 0 Å². The molecule has 1 aromatic carbocycles. The molecule has 0 saturated carbocycles. The molecule has 5 heteroatoms. The van der Waals surface area contributed by atoms with Crippen molar-refractivity contribution in [3.8, 4) is 5.75 Å². The fourth-order valence-electron chi connectivity index (χ4n) is 2.18. The van der Waals surface area contributed by atoms with E-state index in [1.165, 1.54) is 0 Å². The van der Waals surface area contributed by atoms with E-state index in [0.29, 0.717) is 0 Å². The largest absolute Gasteiger partial charge is 0.487 e. The number of benzene rings is 1. The first-order chi connectivity index (χ1) is 8.59. The first kappa shape index (κ1) is 13.2. The van der Waals surface area contributed by atoms with Gasteiger partial charge in [0.05, 0.1) is 0 Å². The Hall–Kier alpha value is -1.23. The molecule has 1 aromatic rings. The second-order valence-electron chi connectivity index (χ2n) is 4.60. The topological polar surface area (TPSA) is 21.3 Å². The van der Waals surface area contributed by atoms with Gasteiger partial charge in [0.2, 0.25) is 5.82 Å². The van der Waals surface area contributed by atoms with Gasteiger partial charge in [-0.2, -0.15) is 4.39 Å². The van der Waals surface area contributed by atoms with Gasteiger partial charge in [-0.3, -0.25) is 0 Å². The highest BCUT2D eigenvalue weighted by Gasteiger charge is 2.23. The molecule has 2 rings (SSSR count). The quantitative estimate of drug-likeness (QED) is 0.843. The van der Waals surface area contributed by atoms with Crippen molar-refractivity contribution in [2.24, 2.45) is 5.92 Å². The van der Waals surface area contributed by atoms with Crippen molar-refractivity contribution >= 4 is 0 Å². The number of hydrogen-bond donors (Lipinski definition) is 1. The van der Waals surface area contributed by atoms with Crippen LogP contribution in [0.5, 0.6) is 5.75 Å². The smallest absolute Gasteiger partial charge is 0.203 e. The molecule has 18 heavy (non-hydrogen) atoms. The second kappa shape index (κ2) is 5.61. The van der Waals surface area contributed by atoms with Gasteiger partial charge in [-0.25, -0.2) is 8.78 Å². The molecule has 2 nitrogen and oxygen atoms in total. The fraction of sp³-hybridized carbons (Fsp3) is 0.538. The minimum Gasteiger partial charge on any atom is -0.487 e. The van der Waals surface area contributed by atoms with Crippen molar-refractivity contribution in [2.75, 3.05) is 13.1 Å². The molecule has 100 valence electrons. The molecule has 1 N–H and O–H groups in total. The highest BCUT2D eigenvalue weighted by Crippen LogP contribution is 2.25.